The van der Waals surface area contributed by atoms with Crippen LogP contribution in [0.5, 0.6) is 0 Å². The maximum atomic E-state index is 9.55. The second-order valence-corrected chi connectivity index (χ2v) is 6.75. The highest BCUT2D eigenvalue weighted by Crippen LogP contribution is 2.29. The minimum Gasteiger partial charge on any atom is -0.396 e. The van der Waals surface area contributed by atoms with Crippen molar-refractivity contribution >= 4 is 0 Å². The predicted octanol–water partition coefficient (Wildman–Crippen LogP) is 4.24. The molecule has 0 aliphatic heterocycles. The molecule has 2 atom stereocenters. The fraction of sp³-hybridized carbons (Fsp3) is 0.429. The number of hydrogen-bond donors (Lipinski definition) is 1. The van der Waals surface area contributed by atoms with Crippen LogP contribution in [-0.4, -0.2) is 22.7 Å². The molecule has 1 N–H and O–H groups in total. The Labute approximate surface area is 139 Å². The molecule has 1 saturated carbocycles. The van der Waals surface area contributed by atoms with E-state index in [1.165, 1.54) is 30.4 Å². The molecule has 0 amide bonds. The van der Waals surface area contributed by atoms with Crippen LogP contribution in [0.3, 0.4) is 0 Å². The summed E-state index contributed by atoms with van der Waals surface area (Å²) in [5, 5.41) is 9.55. The molecule has 0 bridgehead atoms. The summed E-state index contributed by atoms with van der Waals surface area (Å²) < 4.78 is 0. The third-order valence-corrected chi connectivity index (χ3v) is 4.99. The molecule has 1 aliphatic rings. The van der Waals surface area contributed by atoms with E-state index >= 15 is 0 Å². The van der Waals surface area contributed by atoms with Crippen molar-refractivity contribution in [3.63, 3.8) is 0 Å². The van der Waals surface area contributed by atoms with Crippen LogP contribution in [-0.2, 0) is 13.1 Å². The van der Waals surface area contributed by atoms with E-state index in [1.54, 1.807) is 0 Å². The van der Waals surface area contributed by atoms with Crippen LogP contribution in [0.1, 0.15) is 36.8 Å². The molecule has 122 valence electrons. The van der Waals surface area contributed by atoms with Gasteiger partial charge in [-0.1, -0.05) is 67.1 Å². The summed E-state index contributed by atoms with van der Waals surface area (Å²) in [6.07, 6.45) is 4.78. The minimum atomic E-state index is 0.334. The van der Waals surface area contributed by atoms with Crippen molar-refractivity contribution < 1.29 is 5.11 Å². The van der Waals surface area contributed by atoms with Gasteiger partial charge >= 0.3 is 0 Å². The van der Waals surface area contributed by atoms with Gasteiger partial charge in [0.15, 0.2) is 0 Å². The summed E-state index contributed by atoms with van der Waals surface area (Å²) in [5.41, 5.74) is 2.74. The maximum absolute atomic E-state index is 9.55. The Balaban J connectivity index is 1.75. The quantitative estimate of drug-likeness (QED) is 0.862. The van der Waals surface area contributed by atoms with Crippen LogP contribution in [0.25, 0.3) is 0 Å². The highest BCUT2D eigenvalue weighted by molar-refractivity contribution is 5.17. The number of hydrogen-bond acceptors (Lipinski definition) is 2. The van der Waals surface area contributed by atoms with Gasteiger partial charge in [-0.05, 0) is 36.3 Å². The van der Waals surface area contributed by atoms with Crippen LogP contribution < -0.4 is 0 Å². The van der Waals surface area contributed by atoms with E-state index in [0.717, 1.165) is 19.5 Å². The smallest absolute Gasteiger partial charge is 0.0459 e. The van der Waals surface area contributed by atoms with E-state index in [1.807, 2.05) is 0 Å². The summed E-state index contributed by atoms with van der Waals surface area (Å²) in [4.78, 5) is 2.60. The van der Waals surface area contributed by atoms with Crippen molar-refractivity contribution in [2.24, 2.45) is 5.92 Å². The zero-order valence-corrected chi connectivity index (χ0v) is 13.8. The van der Waals surface area contributed by atoms with Gasteiger partial charge < -0.3 is 5.11 Å². The van der Waals surface area contributed by atoms with E-state index in [9.17, 15) is 5.11 Å². The van der Waals surface area contributed by atoms with Gasteiger partial charge in [-0.3, -0.25) is 4.90 Å². The molecular formula is C21H27NO. The van der Waals surface area contributed by atoms with Gasteiger partial charge in [0.2, 0.25) is 0 Å². The van der Waals surface area contributed by atoms with E-state index in [-0.39, 0.29) is 0 Å². The molecule has 2 aromatic rings. The molecule has 1 aliphatic carbocycles. The van der Waals surface area contributed by atoms with Gasteiger partial charge in [0, 0.05) is 25.7 Å². The first-order valence-corrected chi connectivity index (χ1v) is 8.78. The van der Waals surface area contributed by atoms with E-state index < -0.39 is 0 Å². The van der Waals surface area contributed by atoms with Crippen LogP contribution in [0.15, 0.2) is 60.7 Å². The van der Waals surface area contributed by atoms with Gasteiger partial charge in [0.05, 0.1) is 0 Å². The predicted molar refractivity (Wildman–Crippen MR) is 95.0 cm³/mol. The largest absolute Gasteiger partial charge is 0.396 e. The standard InChI is InChI=1S/C21H27NO/c23-17-20-12-7-13-21(14-20)22(15-18-8-3-1-4-9-18)16-19-10-5-2-6-11-19/h1-6,8-11,20-21,23H,7,12-17H2/t20-,21+/m1/s1. The lowest BCUT2D eigenvalue weighted by atomic mass is 9.85. The lowest BCUT2D eigenvalue weighted by Gasteiger charge is -2.37. The first-order chi connectivity index (χ1) is 11.3. The Morgan fingerprint density at radius 1 is 0.826 bits per heavy atom. The van der Waals surface area contributed by atoms with Crippen LogP contribution in [0, 0.1) is 5.92 Å². The van der Waals surface area contributed by atoms with Crippen molar-refractivity contribution in [2.45, 2.75) is 44.8 Å². The lowest BCUT2D eigenvalue weighted by molar-refractivity contribution is 0.0898. The molecular weight excluding hydrogens is 282 g/mol. The minimum absolute atomic E-state index is 0.334. The average molecular weight is 309 g/mol. The number of rotatable bonds is 6. The molecule has 0 spiro atoms. The first kappa shape index (κ1) is 16.2. The van der Waals surface area contributed by atoms with Gasteiger partial charge in [-0.2, -0.15) is 0 Å². The fourth-order valence-electron chi connectivity index (χ4n) is 3.71. The molecule has 0 heterocycles. The highest BCUT2D eigenvalue weighted by atomic mass is 16.3. The zero-order chi connectivity index (χ0) is 15.9. The van der Waals surface area contributed by atoms with Gasteiger partial charge in [0.1, 0.15) is 0 Å². The van der Waals surface area contributed by atoms with E-state index in [0.29, 0.717) is 18.6 Å². The Bertz CT molecular complexity index is 527. The second-order valence-electron chi connectivity index (χ2n) is 6.75. The molecule has 2 aromatic carbocycles. The van der Waals surface area contributed by atoms with Crippen molar-refractivity contribution in [3.8, 4) is 0 Å². The van der Waals surface area contributed by atoms with Gasteiger partial charge in [0.25, 0.3) is 0 Å². The molecule has 0 aromatic heterocycles. The fourth-order valence-corrected chi connectivity index (χ4v) is 3.71. The van der Waals surface area contributed by atoms with E-state index in [2.05, 4.69) is 65.6 Å². The summed E-state index contributed by atoms with van der Waals surface area (Å²) >= 11 is 0. The molecule has 0 radical (unpaired) electrons. The first-order valence-electron chi connectivity index (χ1n) is 8.78. The number of aliphatic hydroxyl groups excluding tert-OH is 1. The molecule has 2 nitrogen and oxygen atoms in total. The Hall–Kier alpha value is -1.64. The summed E-state index contributed by atoms with van der Waals surface area (Å²) in [6, 6.07) is 22.0. The molecule has 23 heavy (non-hydrogen) atoms. The normalized spacial score (nSPS) is 21.5. The van der Waals surface area contributed by atoms with Crippen LogP contribution >= 0.6 is 0 Å². The monoisotopic (exact) mass is 309 g/mol. The van der Waals surface area contributed by atoms with Crippen molar-refractivity contribution in [1.29, 1.82) is 0 Å². The Morgan fingerprint density at radius 3 is 1.91 bits per heavy atom. The summed E-state index contributed by atoms with van der Waals surface area (Å²) in [6.45, 7) is 2.30. The molecule has 0 unspecified atom stereocenters. The van der Waals surface area contributed by atoms with E-state index in [4.69, 9.17) is 0 Å². The van der Waals surface area contributed by atoms with Crippen molar-refractivity contribution in [3.05, 3.63) is 71.8 Å². The number of nitrogens with zero attached hydrogens (tertiary/aromatic N) is 1. The Kier molecular flexibility index (Phi) is 5.84. The summed E-state index contributed by atoms with van der Waals surface area (Å²) in [7, 11) is 0. The second kappa shape index (κ2) is 8.28. The average Bonchev–Trinajstić information content (AvgIpc) is 2.63. The number of aliphatic hydroxyl groups is 1. The maximum Gasteiger partial charge on any atom is 0.0459 e. The van der Waals surface area contributed by atoms with Crippen molar-refractivity contribution in [1.82, 2.24) is 4.90 Å². The molecule has 0 saturated heterocycles. The SMILES string of the molecule is OC[C@@H]1CCC[C@H](N(Cc2ccccc2)Cc2ccccc2)C1. The molecule has 2 heteroatoms. The Morgan fingerprint density at radius 2 is 1.39 bits per heavy atom. The van der Waals surface area contributed by atoms with Crippen LogP contribution in [0.4, 0.5) is 0 Å². The summed E-state index contributed by atoms with van der Waals surface area (Å²) in [5.74, 6) is 0.475. The zero-order valence-electron chi connectivity index (χ0n) is 13.8. The van der Waals surface area contributed by atoms with Gasteiger partial charge in [-0.25, -0.2) is 0 Å². The molecule has 3 rings (SSSR count). The highest BCUT2D eigenvalue weighted by Gasteiger charge is 2.26. The molecule has 1 fully saturated rings. The van der Waals surface area contributed by atoms with Crippen LogP contribution in [0.2, 0.25) is 0 Å². The third kappa shape index (κ3) is 4.66. The van der Waals surface area contributed by atoms with Gasteiger partial charge in [-0.15, -0.1) is 0 Å². The topological polar surface area (TPSA) is 23.5 Å². The number of benzene rings is 2. The third-order valence-electron chi connectivity index (χ3n) is 4.99. The van der Waals surface area contributed by atoms with Crippen molar-refractivity contribution in [2.75, 3.05) is 6.61 Å². The lowest BCUT2D eigenvalue weighted by Crippen LogP contribution is -2.38.